The number of hydrogen-bond donors (Lipinski definition) is 3. The third-order valence-corrected chi connectivity index (χ3v) is 3.65. The maximum Gasteiger partial charge on any atom is 0.423 e. The van der Waals surface area contributed by atoms with Gasteiger partial charge in [-0.3, -0.25) is 19.7 Å². The second-order valence-electron chi connectivity index (χ2n) is 6.01. The smallest absolute Gasteiger partial charge is 0.423 e. The molecule has 12 heteroatoms. The highest BCUT2D eigenvalue weighted by Crippen LogP contribution is 2.37. The van der Waals surface area contributed by atoms with Gasteiger partial charge in [0.15, 0.2) is 6.10 Å². The summed E-state index contributed by atoms with van der Waals surface area (Å²) >= 11 is 0. The number of nitro groups is 1. The number of nitrogens with zero attached hydrogens (tertiary/aromatic N) is 1. The molecule has 2 aromatic rings. The molecule has 0 heterocycles. The number of alkyl halides is 3. The Hall–Kier alpha value is -3.67. The lowest BCUT2D eigenvalue weighted by Gasteiger charge is -2.14. The number of carbonyl (C=O) groups is 2. The number of aliphatic hydroxyl groups is 1. The first kappa shape index (κ1) is 22.6. The predicted molar refractivity (Wildman–Crippen MR) is 99.0 cm³/mol. The molecule has 2 rings (SSSR count). The monoisotopic (exact) mass is 427 g/mol. The molecule has 0 spiro atoms. The molecule has 0 bridgehead atoms. The van der Waals surface area contributed by atoms with E-state index in [4.69, 9.17) is 4.74 Å². The summed E-state index contributed by atoms with van der Waals surface area (Å²) in [7, 11) is 0. The Morgan fingerprint density at radius 3 is 2.27 bits per heavy atom. The topological polar surface area (TPSA) is 131 Å². The summed E-state index contributed by atoms with van der Waals surface area (Å²) < 4.78 is 44.2. The van der Waals surface area contributed by atoms with Gasteiger partial charge in [-0.25, -0.2) is 0 Å². The number of anilines is 2. The normalized spacial score (nSPS) is 12.0. The molecule has 160 valence electrons. The number of hydrogen-bond acceptors (Lipinski definition) is 6. The van der Waals surface area contributed by atoms with Gasteiger partial charge in [-0.1, -0.05) is 0 Å². The largest absolute Gasteiger partial charge is 0.490 e. The van der Waals surface area contributed by atoms with Crippen LogP contribution in [0.5, 0.6) is 5.75 Å². The minimum atomic E-state index is -5.01. The lowest BCUT2D eigenvalue weighted by Crippen LogP contribution is -2.33. The highest BCUT2D eigenvalue weighted by Gasteiger charge is 2.38. The Morgan fingerprint density at radius 1 is 1.13 bits per heavy atom. The zero-order valence-corrected chi connectivity index (χ0v) is 15.4. The maximum absolute atomic E-state index is 13.0. The molecule has 0 aliphatic heterocycles. The molecule has 9 nitrogen and oxygen atoms in total. The van der Waals surface area contributed by atoms with Crippen LogP contribution in [0.2, 0.25) is 0 Å². The van der Waals surface area contributed by atoms with E-state index in [1.54, 1.807) is 0 Å². The number of benzene rings is 2. The Labute approximate surface area is 167 Å². The molecule has 0 aliphatic carbocycles. The summed E-state index contributed by atoms with van der Waals surface area (Å²) in [6, 6.07) is 7.93. The van der Waals surface area contributed by atoms with E-state index in [0.29, 0.717) is 17.8 Å². The second-order valence-corrected chi connectivity index (χ2v) is 6.01. The zero-order chi connectivity index (χ0) is 22.5. The van der Waals surface area contributed by atoms with Crippen LogP contribution in [0.15, 0.2) is 42.5 Å². The number of carbonyl (C=O) groups excluding carboxylic acids is 2. The maximum atomic E-state index is 13.0. The van der Waals surface area contributed by atoms with E-state index < -0.39 is 41.0 Å². The van der Waals surface area contributed by atoms with Gasteiger partial charge in [0.05, 0.1) is 4.92 Å². The van der Waals surface area contributed by atoms with Gasteiger partial charge in [-0.2, -0.15) is 13.2 Å². The SMILES string of the molecule is CC(=O)Nc1ccc(OCC(O)C(=O)Nc2ccc([N+](=O)[O-])c(C(F)(F)F)c2)cc1. The van der Waals surface area contributed by atoms with Crippen LogP contribution in [0.3, 0.4) is 0 Å². The third-order valence-electron chi connectivity index (χ3n) is 3.65. The molecule has 30 heavy (non-hydrogen) atoms. The van der Waals surface area contributed by atoms with Crippen molar-refractivity contribution in [1.29, 1.82) is 0 Å². The van der Waals surface area contributed by atoms with Crippen molar-refractivity contribution in [3.05, 3.63) is 58.1 Å². The molecule has 0 aliphatic rings. The molecule has 1 unspecified atom stereocenters. The van der Waals surface area contributed by atoms with E-state index in [-0.39, 0.29) is 17.3 Å². The Kier molecular flexibility index (Phi) is 6.95. The second kappa shape index (κ2) is 9.22. The lowest BCUT2D eigenvalue weighted by molar-refractivity contribution is -0.388. The van der Waals surface area contributed by atoms with Crippen molar-refractivity contribution < 1.29 is 37.5 Å². The van der Waals surface area contributed by atoms with Crippen molar-refractivity contribution >= 4 is 28.9 Å². The third kappa shape index (κ3) is 6.17. The molecule has 2 amide bonds. The van der Waals surface area contributed by atoms with E-state index in [0.717, 1.165) is 6.07 Å². The van der Waals surface area contributed by atoms with Gasteiger partial charge in [-0.15, -0.1) is 0 Å². The average Bonchev–Trinajstić information content (AvgIpc) is 2.65. The molecule has 0 fully saturated rings. The van der Waals surface area contributed by atoms with Crippen LogP contribution in [0.25, 0.3) is 0 Å². The Balaban J connectivity index is 2.00. The van der Waals surface area contributed by atoms with E-state index >= 15 is 0 Å². The number of aliphatic hydroxyl groups excluding tert-OH is 1. The minimum Gasteiger partial charge on any atom is -0.490 e. The van der Waals surface area contributed by atoms with Gasteiger partial charge in [0.25, 0.3) is 11.6 Å². The van der Waals surface area contributed by atoms with E-state index in [9.17, 15) is 38.0 Å². The van der Waals surface area contributed by atoms with E-state index in [1.807, 2.05) is 5.32 Å². The molecular weight excluding hydrogens is 411 g/mol. The molecule has 0 aromatic heterocycles. The fourth-order valence-electron chi connectivity index (χ4n) is 2.31. The molecule has 1 atom stereocenters. The van der Waals surface area contributed by atoms with Crippen molar-refractivity contribution in [3.63, 3.8) is 0 Å². The van der Waals surface area contributed by atoms with Crippen LogP contribution in [-0.2, 0) is 15.8 Å². The van der Waals surface area contributed by atoms with Gasteiger partial charge in [0, 0.05) is 24.4 Å². The molecule has 2 aromatic carbocycles. The van der Waals surface area contributed by atoms with Gasteiger partial charge in [-0.05, 0) is 36.4 Å². The van der Waals surface area contributed by atoms with Gasteiger partial charge in [0.1, 0.15) is 17.9 Å². The van der Waals surface area contributed by atoms with Gasteiger partial charge in [0.2, 0.25) is 5.91 Å². The lowest BCUT2D eigenvalue weighted by atomic mass is 10.1. The van der Waals surface area contributed by atoms with Crippen LogP contribution in [0.4, 0.5) is 30.2 Å². The van der Waals surface area contributed by atoms with Crippen molar-refractivity contribution in [2.24, 2.45) is 0 Å². The molecule has 0 saturated heterocycles. The first-order valence-corrected chi connectivity index (χ1v) is 8.32. The van der Waals surface area contributed by atoms with Crippen molar-refractivity contribution in [2.45, 2.75) is 19.2 Å². The van der Waals surface area contributed by atoms with Gasteiger partial charge < -0.3 is 20.5 Å². The summed E-state index contributed by atoms with van der Waals surface area (Å²) in [6.07, 6.45) is -6.74. The highest BCUT2D eigenvalue weighted by molar-refractivity contribution is 5.94. The Bertz CT molecular complexity index is 947. The van der Waals surface area contributed by atoms with E-state index in [2.05, 4.69) is 5.32 Å². The number of halogens is 3. The molecule has 3 N–H and O–H groups in total. The van der Waals surface area contributed by atoms with Crippen LogP contribution >= 0.6 is 0 Å². The number of ether oxygens (including phenoxy) is 1. The van der Waals surface area contributed by atoms with Crippen LogP contribution in [-0.4, -0.2) is 34.6 Å². The number of nitrogens with one attached hydrogen (secondary N) is 2. The first-order valence-electron chi connectivity index (χ1n) is 8.32. The standard InChI is InChI=1S/C18H16F3N3O6/c1-10(25)22-11-2-5-13(6-3-11)30-9-16(26)17(27)23-12-4-7-15(24(28)29)14(8-12)18(19,20)21/h2-8,16,26H,9H2,1H3,(H,22,25)(H,23,27). The average molecular weight is 427 g/mol. The number of amides is 2. The van der Waals surface area contributed by atoms with Crippen LogP contribution in [0, 0.1) is 10.1 Å². The van der Waals surface area contributed by atoms with Gasteiger partial charge >= 0.3 is 6.18 Å². The number of rotatable bonds is 7. The van der Waals surface area contributed by atoms with Crippen molar-refractivity contribution in [1.82, 2.24) is 0 Å². The minimum absolute atomic E-state index is 0.268. The first-order chi connectivity index (χ1) is 14.0. The summed E-state index contributed by atoms with van der Waals surface area (Å²) in [6.45, 7) is 0.826. The molecule has 0 saturated carbocycles. The van der Waals surface area contributed by atoms with Crippen molar-refractivity contribution in [3.8, 4) is 5.75 Å². The summed E-state index contributed by atoms with van der Waals surface area (Å²) in [5.74, 6) is -1.06. The van der Waals surface area contributed by atoms with Crippen molar-refractivity contribution in [2.75, 3.05) is 17.2 Å². The zero-order valence-electron chi connectivity index (χ0n) is 15.4. The van der Waals surface area contributed by atoms with Crippen LogP contribution < -0.4 is 15.4 Å². The fourth-order valence-corrected chi connectivity index (χ4v) is 2.31. The van der Waals surface area contributed by atoms with Crippen LogP contribution in [0.1, 0.15) is 12.5 Å². The molecule has 0 radical (unpaired) electrons. The Morgan fingerprint density at radius 2 is 1.73 bits per heavy atom. The number of nitro benzene ring substituents is 1. The summed E-state index contributed by atoms with van der Waals surface area (Å²) in [5, 5.41) is 25.2. The highest BCUT2D eigenvalue weighted by atomic mass is 19.4. The quantitative estimate of drug-likeness (QED) is 0.460. The summed E-state index contributed by atoms with van der Waals surface area (Å²) in [4.78, 5) is 32.5. The molecular formula is C18H16F3N3O6. The fraction of sp³-hybridized carbons (Fsp3) is 0.222. The summed E-state index contributed by atoms with van der Waals surface area (Å²) in [5.41, 5.74) is -2.56. The van der Waals surface area contributed by atoms with E-state index in [1.165, 1.54) is 31.2 Å². The predicted octanol–water partition coefficient (Wildman–Crippen LogP) is 2.95.